The summed E-state index contributed by atoms with van der Waals surface area (Å²) < 4.78 is 29.8. The summed E-state index contributed by atoms with van der Waals surface area (Å²) in [6, 6.07) is 19.3. The van der Waals surface area contributed by atoms with Gasteiger partial charge in [-0.15, -0.1) is 0 Å². The number of hydrogen-bond donors (Lipinski definition) is 2. The number of rotatable bonds is 6. The van der Waals surface area contributed by atoms with Gasteiger partial charge in [-0.3, -0.25) is 4.79 Å². The standard InChI is InChI=1S/C22H15ClN2O5S/c23-20-13-15(6-11-21(20)30-31(28,29)19-4-2-1-3-5-19)12-16(14-24)22(27)25-17-7-9-18(26)10-8-17/h1-13,26H,(H,25,27)/b16-12+. The first kappa shape index (κ1) is 21.9. The lowest BCUT2D eigenvalue weighted by molar-refractivity contribution is -0.112. The highest BCUT2D eigenvalue weighted by atomic mass is 35.5. The Morgan fingerprint density at radius 3 is 2.35 bits per heavy atom. The molecule has 0 aliphatic carbocycles. The molecule has 0 spiro atoms. The number of amides is 1. The van der Waals surface area contributed by atoms with E-state index in [1.54, 1.807) is 24.3 Å². The molecule has 0 saturated carbocycles. The second-order valence-corrected chi connectivity index (χ2v) is 8.16. The minimum Gasteiger partial charge on any atom is -0.508 e. The van der Waals surface area contributed by atoms with Crippen LogP contribution in [0.15, 0.2) is 83.3 Å². The van der Waals surface area contributed by atoms with E-state index in [0.717, 1.165) is 0 Å². The van der Waals surface area contributed by atoms with Crippen LogP contribution in [0.3, 0.4) is 0 Å². The number of aromatic hydroxyl groups is 1. The van der Waals surface area contributed by atoms with Crippen molar-refractivity contribution in [3.05, 3.63) is 89.0 Å². The summed E-state index contributed by atoms with van der Waals surface area (Å²) in [7, 11) is -4.06. The van der Waals surface area contributed by atoms with Crippen LogP contribution < -0.4 is 9.50 Å². The highest BCUT2D eigenvalue weighted by Crippen LogP contribution is 2.29. The Balaban J connectivity index is 1.79. The summed E-state index contributed by atoms with van der Waals surface area (Å²) in [6.07, 6.45) is 1.30. The van der Waals surface area contributed by atoms with E-state index in [1.165, 1.54) is 60.7 Å². The highest BCUT2D eigenvalue weighted by Gasteiger charge is 2.18. The molecule has 7 nitrogen and oxygen atoms in total. The number of nitrogens with zero attached hydrogens (tertiary/aromatic N) is 1. The van der Waals surface area contributed by atoms with Gasteiger partial charge in [-0.1, -0.05) is 35.9 Å². The lowest BCUT2D eigenvalue weighted by Gasteiger charge is -2.09. The van der Waals surface area contributed by atoms with Crippen LogP contribution in [-0.2, 0) is 14.9 Å². The third kappa shape index (κ3) is 5.63. The fourth-order valence-corrected chi connectivity index (χ4v) is 3.73. The van der Waals surface area contributed by atoms with E-state index >= 15 is 0 Å². The first-order valence-corrected chi connectivity index (χ1v) is 10.6. The average Bonchev–Trinajstić information content (AvgIpc) is 2.76. The van der Waals surface area contributed by atoms with E-state index in [-0.39, 0.29) is 27.0 Å². The van der Waals surface area contributed by atoms with Crippen molar-refractivity contribution < 1.29 is 22.5 Å². The molecule has 0 aliphatic heterocycles. The largest absolute Gasteiger partial charge is 0.508 e. The lowest BCUT2D eigenvalue weighted by Crippen LogP contribution is -2.13. The van der Waals surface area contributed by atoms with Crippen LogP contribution in [0.5, 0.6) is 11.5 Å². The van der Waals surface area contributed by atoms with E-state index < -0.39 is 16.0 Å². The molecule has 0 unspecified atom stereocenters. The monoisotopic (exact) mass is 454 g/mol. The quantitative estimate of drug-likeness (QED) is 0.247. The molecular weight excluding hydrogens is 440 g/mol. The minimum absolute atomic E-state index is 0.00973. The molecule has 3 rings (SSSR count). The number of hydrogen-bond acceptors (Lipinski definition) is 6. The zero-order valence-corrected chi connectivity index (χ0v) is 17.4. The third-order valence-corrected chi connectivity index (χ3v) is 5.53. The molecule has 9 heteroatoms. The second kappa shape index (κ2) is 9.34. The molecule has 156 valence electrons. The maximum absolute atomic E-state index is 12.3. The van der Waals surface area contributed by atoms with Crippen molar-refractivity contribution in [1.82, 2.24) is 0 Å². The highest BCUT2D eigenvalue weighted by molar-refractivity contribution is 7.87. The summed E-state index contributed by atoms with van der Waals surface area (Å²) >= 11 is 6.15. The first-order valence-electron chi connectivity index (χ1n) is 8.80. The Bertz CT molecular complexity index is 1280. The van der Waals surface area contributed by atoms with Crippen molar-refractivity contribution in [3.8, 4) is 17.6 Å². The predicted octanol–water partition coefficient (Wildman–Crippen LogP) is 4.36. The topological polar surface area (TPSA) is 116 Å². The van der Waals surface area contributed by atoms with Gasteiger partial charge in [-0.2, -0.15) is 13.7 Å². The van der Waals surface area contributed by atoms with E-state index in [4.69, 9.17) is 15.8 Å². The maximum Gasteiger partial charge on any atom is 0.339 e. The van der Waals surface area contributed by atoms with Gasteiger partial charge in [-0.05, 0) is 60.2 Å². The van der Waals surface area contributed by atoms with Gasteiger partial charge in [0.1, 0.15) is 22.3 Å². The molecule has 0 fully saturated rings. The molecular formula is C22H15ClN2O5S. The van der Waals surface area contributed by atoms with Gasteiger partial charge >= 0.3 is 10.1 Å². The Hall–Kier alpha value is -3.80. The van der Waals surface area contributed by atoms with E-state index in [2.05, 4.69) is 5.32 Å². The van der Waals surface area contributed by atoms with Gasteiger partial charge in [0.15, 0.2) is 5.75 Å². The number of halogens is 1. The van der Waals surface area contributed by atoms with Crippen LogP contribution in [0.1, 0.15) is 5.56 Å². The molecule has 1 amide bonds. The smallest absolute Gasteiger partial charge is 0.339 e. The first-order chi connectivity index (χ1) is 14.8. The van der Waals surface area contributed by atoms with Crippen LogP contribution in [0.4, 0.5) is 5.69 Å². The minimum atomic E-state index is -4.06. The number of benzene rings is 3. The van der Waals surface area contributed by atoms with Crippen molar-refractivity contribution in [1.29, 1.82) is 5.26 Å². The predicted molar refractivity (Wildman–Crippen MR) is 116 cm³/mol. The summed E-state index contributed by atoms with van der Waals surface area (Å²) in [4.78, 5) is 12.3. The van der Waals surface area contributed by atoms with Crippen LogP contribution in [0, 0.1) is 11.3 Å². The van der Waals surface area contributed by atoms with Crippen molar-refractivity contribution in [2.75, 3.05) is 5.32 Å². The van der Waals surface area contributed by atoms with Crippen molar-refractivity contribution >= 4 is 39.4 Å². The zero-order chi connectivity index (χ0) is 22.4. The summed E-state index contributed by atoms with van der Waals surface area (Å²) in [5.41, 5.74) is 0.596. The number of nitrogens with one attached hydrogen (secondary N) is 1. The van der Waals surface area contributed by atoms with Crippen molar-refractivity contribution in [3.63, 3.8) is 0 Å². The molecule has 31 heavy (non-hydrogen) atoms. The molecule has 0 saturated heterocycles. The average molecular weight is 455 g/mol. The molecule has 0 radical (unpaired) electrons. The fourth-order valence-electron chi connectivity index (χ4n) is 2.49. The van der Waals surface area contributed by atoms with E-state index in [1.807, 2.05) is 0 Å². The molecule has 0 aliphatic rings. The number of carbonyl (C=O) groups is 1. The van der Waals surface area contributed by atoms with Crippen LogP contribution in [0.2, 0.25) is 5.02 Å². The van der Waals surface area contributed by atoms with Gasteiger partial charge < -0.3 is 14.6 Å². The number of anilines is 1. The normalized spacial score (nSPS) is 11.4. The van der Waals surface area contributed by atoms with E-state index in [0.29, 0.717) is 11.3 Å². The molecule has 0 heterocycles. The SMILES string of the molecule is N#C/C(=C\c1ccc(OS(=O)(=O)c2ccccc2)c(Cl)c1)C(=O)Nc1ccc(O)cc1. The zero-order valence-electron chi connectivity index (χ0n) is 15.8. The number of phenols is 1. The third-order valence-electron chi connectivity index (χ3n) is 3.99. The summed E-state index contributed by atoms with van der Waals surface area (Å²) in [6.45, 7) is 0. The van der Waals surface area contributed by atoms with Crippen LogP contribution in [-0.4, -0.2) is 19.4 Å². The molecule has 2 N–H and O–H groups in total. The van der Waals surface area contributed by atoms with Crippen LogP contribution in [0.25, 0.3) is 6.08 Å². The summed E-state index contributed by atoms with van der Waals surface area (Å²) in [5, 5.41) is 21.1. The number of nitriles is 1. The summed E-state index contributed by atoms with van der Waals surface area (Å²) in [5.74, 6) is -0.703. The van der Waals surface area contributed by atoms with Crippen molar-refractivity contribution in [2.45, 2.75) is 4.90 Å². The number of carbonyl (C=O) groups excluding carboxylic acids is 1. The molecule has 0 bridgehead atoms. The Kier molecular flexibility index (Phi) is 6.60. The van der Waals surface area contributed by atoms with E-state index in [9.17, 15) is 23.6 Å². The van der Waals surface area contributed by atoms with Gasteiger partial charge in [0.25, 0.3) is 5.91 Å². The molecule has 3 aromatic rings. The molecule has 0 aromatic heterocycles. The van der Waals surface area contributed by atoms with Crippen LogP contribution >= 0.6 is 11.6 Å². The van der Waals surface area contributed by atoms with Crippen molar-refractivity contribution in [2.24, 2.45) is 0 Å². The Labute approximate surface area is 183 Å². The number of phenolic OH excluding ortho intramolecular Hbond substituents is 1. The van der Waals surface area contributed by atoms with Gasteiger partial charge in [0.05, 0.1) is 5.02 Å². The lowest BCUT2D eigenvalue weighted by atomic mass is 10.1. The molecule has 0 atom stereocenters. The second-order valence-electron chi connectivity index (χ2n) is 6.21. The van der Waals surface area contributed by atoms with Gasteiger partial charge in [-0.25, -0.2) is 0 Å². The maximum atomic E-state index is 12.3. The fraction of sp³-hybridized carbons (Fsp3) is 0. The molecule has 3 aromatic carbocycles. The Morgan fingerprint density at radius 1 is 1.06 bits per heavy atom. The van der Waals surface area contributed by atoms with Gasteiger partial charge in [0.2, 0.25) is 0 Å². The Morgan fingerprint density at radius 2 is 1.74 bits per heavy atom. The van der Waals surface area contributed by atoms with Gasteiger partial charge in [0, 0.05) is 5.69 Å².